The standard InChI is InChI=1S/C20H24N4O/c1-12-7-13(2)20-18(8-12)17(15(4)24-20)10-19(25)23-14(3)9-16-11-21-5-6-22-16/h5-8,11,14,24H,9-10H2,1-4H3,(H,23,25)/t14-/m0/s1. The van der Waals surface area contributed by atoms with Gasteiger partial charge in [0.05, 0.1) is 12.1 Å². The number of fused-ring (bicyclic) bond motifs is 1. The molecule has 2 heterocycles. The average molecular weight is 336 g/mol. The molecule has 0 spiro atoms. The third-order valence-electron chi connectivity index (χ3n) is 4.45. The first-order chi connectivity index (χ1) is 11.9. The summed E-state index contributed by atoms with van der Waals surface area (Å²) < 4.78 is 0. The van der Waals surface area contributed by atoms with E-state index in [1.807, 2.05) is 13.8 Å². The maximum absolute atomic E-state index is 12.5. The van der Waals surface area contributed by atoms with E-state index in [1.165, 1.54) is 11.1 Å². The molecule has 0 fully saturated rings. The van der Waals surface area contributed by atoms with Gasteiger partial charge in [-0.05, 0) is 44.9 Å². The van der Waals surface area contributed by atoms with Crippen LogP contribution in [-0.4, -0.2) is 26.9 Å². The molecule has 2 N–H and O–H groups in total. The SMILES string of the molecule is Cc1cc(C)c2[nH]c(C)c(CC(=O)N[C@@H](C)Cc3cnccn3)c2c1. The minimum Gasteiger partial charge on any atom is -0.358 e. The molecule has 25 heavy (non-hydrogen) atoms. The van der Waals surface area contributed by atoms with Crippen LogP contribution in [0.15, 0.2) is 30.7 Å². The lowest BCUT2D eigenvalue weighted by molar-refractivity contribution is -0.121. The molecule has 3 rings (SSSR count). The molecule has 0 unspecified atom stereocenters. The number of aromatic amines is 1. The molecule has 0 saturated heterocycles. The Morgan fingerprint density at radius 1 is 1.24 bits per heavy atom. The van der Waals surface area contributed by atoms with Crippen molar-refractivity contribution in [2.75, 3.05) is 0 Å². The number of benzene rings is 1. The van der Waals surface area contributed by atoms with Crippen LogP contribution in [0.2, 0.25) is 0 Å². The van der Waals surface area contributed by atoms with Crippen LogP contribution in [0.3, 0.4) is 0 Å². The molecular formula is C20H24N4O. The molecule has 0 aliphatic rings. The van der Waals surface area contributed by atoms with E-state index in [4.69, 9.17) is 0 Å². The number of amides is 1. The Hall–Kier alpha value is -2.69. The molecule has 0 aliphatic heterocycles. The van der Waals surface area contributed by atoms with Crippen molar-refractivity contribution in [1.82, 2.24) is 20.3 Å². The molecule has 5 heteroatoms. The van der Waals surface area contributed by atoms with E-state index in [0.29, 0.717) is 12.8 Å². The Kier molecular flexibility index (Phi) is 4.83. The Bertz CT molecular complexity index is 899. The number of hydrogen-bond acceptors (Lipinski definition) is 3. The van der Waals surface area contributed by atoms with Gasteiger partial charge in [0, 0.05) is 47.7 Å². The van der Waals surface area contributed by atoms with Gasteiger partial charge in [-0.3, -0.25) is 14.8 Å². The van der Waals surface area contributed by atoms with E-state index in [2.05, 4.69) is 46.2 Å². The van der Waals surface area contributed by atoms with Crippen molar-refractivity contribution in [3.63, 3.8) is 0 Å². The average Bonchev–Trinajstić information content (AvgIpc) is 2.85. The van der Waals surface area contributed by atoms with Crippen LogP contribution in [0.4, 0.5) is 0 Å². The lowest BCUT2D eigenvalue weighted by atomic mass is 10.0. The Labute approximate surface area is 147 Å². The van der Waals surface area contributed by atoms with E-state index in [9.17, 15) is 4.79 Å². The number of aromatic nitrogens is 3. The van der Waals surface area contributed by atoms with Crippen molar-refractivity contribution < 1.29 is 4.79 Å². The second-order valence-corrected chi connectivity index (χ2v) is 6.78. The first-order valence-corrected chi connectivity index (χ1v) is 8.56. The predicted octanol–water partition coefficient (Wildman–Crippen LogP) is 3.17. The molecular weight excluding hydrogens is 312 g/mol. The molecule has 0 aliphatic carbocycles. The smallest absolute Gasteiger partial charge is 0.224 e. The highest BCUT2D eigenvalue weighted by atomic mass is 16.1. The fraction of sp³-hybridized carbons (Fsp3) is 0.350. The molecule has 0 radical (unpaired) electrons. The van der Waals surface area contributed by atoms with Crippen LogP contribution in [0, 0.1) is 20.8 Å². The van der Waals surface area contributed by atoms with Gasteiger partial charge < -0.3 is 10.3 Å². The van der Waals surface area contributed by atoms with E-state index in [0.717, 1.165) is 27.9 Å². The summed E-state index contributed by atoms with van der Waals surface area (Å²) in [6, 6.07) is 4.32. The molecule has 0 bridgehead atoms. The maximum atomic E-state index is 12.5. The van der Waals surface area contributed by atoms with Gasteiger partial charge in [-0.2, -0.15) is 0 Å². The number of carbonyl (C=O) groups excluding carboxylic acids is 1. The second-order valence-electron chi connectivity index (χ2n) is 6.78. The third kappa shape index (κ3) is 3.87. The molecule has 1 aromatic carbocycles. The highest BCUT2D eigenvalue weighted by Gasteiger charge is 2.16. The molecule has 1 atom stereocenters. The third-order valence-corrected chi connectivity index (χ3v) is 4.45. The fourth-order valence-corrected chi connectivity index (χ4v) is 3.35. The number of carbonyl (C=O) groups is 1. The number of H-pyrrole nitrogens is 1. The quantitative estimate of drug-likeness (QED) is 0.752. The molecule has 5 nitrogen and oxygen atoms in total. The first-order valence-electron chi connectivity index (χ1n) is 8.56. The fourth-order valence-electron chi connectivity index (χ4n) is 3.35. The molecule has 1 amide bonds. The number of rotatable bonds is 5. The predicted molar refractivity (Wildman–Crippen MR) is 99.6 cm³/mol. The Morgan fingerprint density at radius 3 is 2.76 bits per heavy atom. The zero-order valence-electron chi connectivity index (χ0n) is 15.2. The summed E-state index contributed by atoms with van der Waals surface area (Å²) in [6.07, 6.45) is 6.10. The normalized spacial score (nSPS) is 12.3. The zero-order valence-corrected chi connectivity index (χ0v) is 15.2. The highest BCUT2D eigenvalue weighted by molar-refractivity contribution is 5.92. The van der Waals surface area contributed by atoms with E-state index < -0.39 is 0 Å². The van der Waals surface area contributed by atoms with Gasteiger partial charge >= 0.3 is 0 Å². The Morgan fingerprint density at radius 2 is 2.04 bits per heavy atom. The maximum Gasteiger partial charge on any atom is 0.224 e. The topological polar surface area (TPSA) is 70.7 Å². The summed E-state index contributed by atoms with van der Waals surface area (Å²) in [4.78, 5) is 24.3. The van der Waals surface area contributed by atoms with Gasteiger partial charge in [0.15, 0.2) is 0 Å². The molecule has 0 saturated carbocycles. The van der Waals surface area contributed by atoms with Crippen LogP contribution in [0.25, 0.3) is 10.9 Å². The molecule has 130 valence electrons. The van der Waals surface area contributed by atoms with Crippen molar-refractivity contribution in [2.45, 2.75) is 46.6 Å². The van der Waals surface area contributed by atoms with Crippen LogP contribution in [0.5, 0.6) is 0 Å². The summed E-state index contributed by atoms with van der Waals surface area (Å²) in [6.45, 7) is 8.20. The van der Waals surface area contributed by atoms with Crippen LogP contribution in [0.1, 0.15) is 35.0 Å². The van der Waals surface area contributed by atoms with Crippen LogP contribution in [-0.2, 0) is 17.6 Å². The Balaban J connectivity index is 1.73. The van der Waals surface area contributed by atoms with Crippen molar-refractivity contribution in [3.05, 3.63) is 58.8 Å². The van der Waals surface area contributed by atoms with Crippen molar-refractivity contribution in [1.29, 1.82) is 0 Å². The number of hydrogen-bond donors (Lipinski definition) is 2. The van der Waals surface area contributed by atoms with E-state index in [-0.39, 0.29) is 11.9 Å². The summed E-state index contributed by atoms with van der Waals surface area (Å²) >= 11 is 0. The summed E-state index contributed by atoms with van der Waals surface area (Å²) in [5.74, 6) is 0.0274. The van der Waals surface area contributed by atoms with Gasteiger partial charge in [0.2, 0.25) is 5.91 Å². The highest BCUT2D eigenvalue weighted by Crippen LogP contribution is 2.26. The van der Waals surface area contributed by atoms with Gasteiger partial charge in [-0.1, -0.05) is 11.6 Å². The van der Waals surface area contributed by atoms with Crippen LogP contribution >= 0.6 is 0 Å². The monoisotopic (exact) mass is 336 g/mol. The lowest BCUT2D eigenvalue weighted by Crippen LogP contribution is -2.35. The van der Waals surface area contributed by atoms with E-state index in [1.54, 1.807) is 18.6 Å². The van der Waals surface area contributed by atoms with E-state index >= 15 is 0 Å². The summed E-state index contributed by atoms with van der Waals surface area (Å²) in [7, 11) is 0. The van der Waals surface area contributed by atoms with Crippen molar-refractivity contribution in [2.24, 2.45) is 0 Å². The van der Waals surface area contributed by atoms with Gasteiger partial charge in [0.1, 0.15) is 0 Å². The van der Waals surface area contributed by atoms with Gasteiger partial charge in [-0.15, -0.1) is 0 Å². The van der Waals surface area contributed by atoms with Gasteiger partial charge in [-0.25, -0.2) is 0 Å². The number of aryl methyl sites for hydroxylation is 3. The van der Waals surface area contributed by atoms with Gasteiger partial charge in [0.25, 0.3) is 0 Å². The summed E-state index contributed by atoms with van der Waals surface area (Å²) in [5.41, 5.74) is 6.55. The molecule has 2 aromatic heterocycles. The molecule has 3 aromatic rings. The lowest BCUT2D eigenvalue weighted by Gasteiger charge is -2.13. The number of nitrogens with one attached hydrogen (secondary N) is 2. The van der Waals surface area contributed by atoms with Crippen LogP contribution < -0.4 is 5.32 Å². The zero-order chi connectivity index (χ0) is 18.0. The minimum atomic E-state index is 0.0122. The first kappa shape index (κ1) is 17.1. The second kappa shape index (κ2) is 7.05. The largest absolute Gasteiger partial charge is 0.358 e. The van der Waals surface area contributed by atoms with Crippen molar-refractivity contribution in [3.8, 4) is 0 Å². The van der Waals surface area contributed by atoms with Crippen molar-refractivity contribution >= 4 is 16.8 Å². The minimum absolute atomic E-state index is 0.0122. The number of nitrogens with zero attached hydrogens (tertiary/aromatic N) is 2. The summed E-state index contributed by atoms with van der Waals surface area (Å²) in [5, 5.41) is 4.21.